The number of rotatable bonds is 2. The van der Waals surface area contributed by atoms with E-state index in [-0.39, 0.29) is 0 Å². The highest BCUT2D eigenvalue weighted by atomic mass is 15.2. The van der Waals surface area contributed by atoms with Gasteiger partial charge in [0.25, 0.3) is 0 Å². The van der Waals surface area contributed by atoms with Crippen LogP contribution >= 0.6 is 0 Å². The second-order valence-corrected chi connectivity index (χ2v) is 4.03. The Bertz CT molecular complexity index is 159. The quantitative estimate of drug-likeness (QED) is 0.508. The zero-order valence-corrected chi connectivity index (χ0v) is 5.57. The van der Waals surface area contributed by atoms with E-state index in [1.165, 1.54) is 18.3 Å². The molecule has 0 aliphatic heterocycles. The second kappa shape index (κ2) is 0.630. The summed E-state index contributed by atoms with van der Waals surface area (Å²) < 4.78 is 0. The van der Waals surface area contributed by atoms with Gasteiger partial charge in [0, 0.05) is 0 Å². The van der Waals surface area contributed by atoms with Gasteiger partial charge in [-0.05, 0) is 29.1 Å². The first-order valence-electron chi connectivity index (χ1n) is 3.80. The van der Waals surface area contributed by atoms with Crippen molar-refractivity contribution in [1.29, 1.82) is 0 Å². The molecule has 0 aromatic heterocycles. The van der Waals surface area contributed by atoms with Gasteiger partial charge >= 0.3 is 0 Å². The van der Waals surface area contributed by atoms with Crippen LogP contribution in [0.2, 0.25) is 0 Å². The fourth-order valence-electron chi connectivity index (χ4n) is 3.23. The second-order valence-electron chi connectivity index (χ2n) is 4.03. The molecule has 0 heterocycles. The van der Waals surface area contributed by atoms with Crippen LogP contribution in [0.25, 0.3) is 0 Å². The van der Waals surface area contributed by atoms with E-state index in [9.17, 15) is 0 Å². The van der Waals surface area contributed by atoms with Crippen LogP contribution in [-0.4, -0.2) is 0 Å². The lowest BCUT2D eigenvalue weighted by Gasteiger charge is -1.86. The summed E-state index contributed by atoms with van der Waals surface area (Å²) in [4.78, 5) is 0. The molecule has 0 spiro atoms. The van der Waals surface area contributed by atoms with Crippen molar-refractivity contribution in [3.8, 4) is 0 Å². The largest absolute Gasteiger partial charge is 0.0654 e. The Morgan fingerprint density at radius 1 is 1.38 bits per heavy atom. The Morgan fingerprint density at radius 2 is 1.88 bits per heavy atom. The number of hydrogen-bond donors (Lipinski definition) is 0. The molecular weight excluding hydrogens is 96.1 g/mol. The minimum absolute atomic E-state index is 0.947. The van der Waals surface area contributed by atoms with Gasteiger partial charge in [-0.15, -0.1) is 0 Å². The zero-order valence-electron chi connectivity index (χ0n) is 5.57. The van der Waals surface area contributed by atoms with Gasteiger partial charge in [-0.1, -0.05) is 20.3 Å². The van der Waals surface area contributed by atoms with Gasteiger partial charge in [-0.3, -0.25) is 0 Å². The van der Waals surface area contributed by atoms with Crippen molar-refractivity contribution in [3.05, 3.63) is 0 Å². The van der Waals surface area contributed by atoms with Gasteiger partial charge in [-0.25, -0.2) is 0 Å². The molecular formula is C8H12. The Labute approximate surface area is 50.3 Å². The minimum atomic E-state index is 0.947. The van der Waals surface area contributed by atoms with E-state index in [0.29, 0.717) is 0 Å². The lowest BCUT2D eigenvalue weighted by atomic mass is 10.2. The van der Waals surface area contributed by atoms with E-state index in [4.69, 9.17) is 0 Å². The van der Waals surface area contributed by atoms with E-state index in [1.54, 1.807) is 6.42 Å². The van der Waals surface area contributed by atoms with Gasteiger partial charge in [0.2, 0.25) is 0 Å². The first-order valence-corrected chi connectivity index (χ1v) is 3.80. The predicted octanol–water partition coefficient (Wildman–Crippen LogP) is 2.05. The molecule has 0 saturated heterocycles. The Hall–Kier alpha value is 0. The normalized spacial score (nSPS) is 78.8. The molecule has 4 saturated carbocycles. The Morgan fingerprint density at radius 3 is 2.00 bits per heavy atom. The van der Waals surface area contributed by atoms with E-state index in [1.807, 2.05) is 0 Å². The zero-order chi connectivity index (χ0) is 5.57. The molecule has 44 valence electrons. The molecule has 4 aliphatic rings. The van der Waals surface area contributed by atoms with Crippen LogP contribution in [0.3, 0.4) is 0 Å². The first kappa shape index (κ1) is 3.92. The molecule has 2 atom stereocenters. The van der Waals surface area contributed by atoms with Crippen LogP contribution in [-0.2, 0) is 0 Å². The van der Waals surface area contributed by atoms with Crippen LogP contribution in [0, 0.1) is 22.7 Å². The molecule has 2 unspecified atom stereocenters. The Kier molecular flexibility index (Phi) is 0.309. The molecule has 4 rings (SSSR count). The van der Waals surface area contributed by atoms with Crippen molar-refractivity contribution < 1.29 is 0 Å². The van der Waals surface area contributed by atoms with Gasteiger partial charge in [-0.2, -0.15) is 0 Å². The molecule has 4 fully saturated rings. The molecule has 0 aromatic rings. The van der Waals surface area contributed by atoms with E-state index >= 15 is 0 Å². The van der Waals surface area contributed by atoms with Gasteiger partial charge in [0.15, 0.2) is 0 Å². The maximum Gasteiger partial charge on any atom is -0.0164 e. The van der Waals surface area contributed by atoms with E-state index < -0.39 is 0 Å². The van der Waals surface area contributed by atoms with Gasteiger partial charge < -0.3 is 0 Å². The predicted molar refractivity (Wildman–Crippen MR) is 32.4 cm³/mol. The molecule has 8 heavy (non-hydrogen) atoms. The summed E-state index contributed by atoms with van der Waals surface area (Å²) in [6.45, 7) is 4.78. The van der Waals surface area contributed by atoms with Crippen LogP contribution in [0.1, 0.15) is 26.7 Å². The SMILES string of the molecule is CCCC12C3C1C32C. The van der Waals surface area contributed by atoms with Crippen LogP contribution < -0.4 is 0 Å². The maximum atomic E-state index is 2.47. The van der Waals surface area contributed by atoms with Crippen molar-refractivity contribution in [1.82, 2.24) is 0 Å². The van der Waals surface area contributed by atoms with E-state index in [0.717, 1.165) is 10.8 Å². The van der Waals surface area contributed by atoms with Crippen molar-refractivity contribution in [2.24, 2.45) is 22.7 Å². The van der Waals surface area contributed by atoms with Crippen LogP contribution in [0.5, 0.6) is 0 Å². The number of hydrogen-bond acceptors (Lipinski definition) is 0. The van der Waals surface area contributed by atoms with Crippen LogP contribution in [0.15, 0.2) is 0 Å². The van der Waals surface area contributed by atoms with Gasteiger partial charge in [0.1, 0.15) is 0 Å². The summed E-state index contributed by atoms with van der Waals surface area (Å²) in [7, 11) is 0. The molecule has 0 bridgehead atoms. The van der Waals surface area contributed by atoms with Crippen molar-refractivity contribution in [3.63, 3.8) is 0 Å². The lowest BCUT2D eigenvalue weighted by Crippen LogP contribution is -1.74. The summed E-state index contributed by atoms with van der Waals surface area (Å²) in [5, 5.41) is 0. The van der Waals surface area contributed by atoms with Gasteiger partial charge in [0.05, 0.1) is 0 Å². The standard InChI is InChI=1S/C8H12/c1-3-4-8-5-6(8)7(5,8)2/h5-6H,3-4H2,1-2H3. The van der Waals surface area contributed by atoms with Crippen molar-refractivity contribution >= 4 is 0 Å². The third kappa shape index (κ3) is 0.138. The summed E-state index contributed by atoms with van der Waals surface area (Å²) in [5.74, 6) is 2.49. The maximum absolute atomic E-state index is 2.47. The smallest absolute Gasteiger partial charge is 0.0164 e. The van der Waals surface area contributed by atoms with E-state index in [2.05, 4.69) is 13.8 Å². The molecule has 0 amide bonds. The third-order valence-electron chi connectivity index (χ3n) is 4.02. The summed E-state index contributed by atoms with van der Waals surface area (Å²) in [5.41, 5.74) is 1.94. The fraction of sp³-hybridized carbons (Fsp3) is 1.00. The highest BCUT2D eigenvalue weighted by molar-refractivity contribution is 5.61. The highest BCUT2D eigenvalue weighted by Gasteiger charge is 3.15. The van der Waals surface area contributed by atoms with Crippen LogP contribution in [0.4, 0.5) is 0 Å². The topological polar surface area (TPSA) is 0 Å². The summed E-state index contributed by atoms with van der Waals surface area (Å²) in [6.07, 6.45) is 2.96. The molecule has 0 aromatic carbocycles. The Balaban J connectivity index is 1.82. The van der Waals surface area contributed by atoms with Crippen molar-refractivity contribution in [2.45, 2.75) is 26.7 Å². The average Bonchev–Trinajstić information content (AvgIpc) is 2.54. The van der Waals surface area contributed by atoms with Crippen molar-refractivity contribution in [2.75, 3.05) is 0 Å². The highest BCUT2D eigenvalue weighted by Crippen LogP contribution is 3.19. The fourth-order valence-corrected chi connectivity index (χ4v) is 3.23. The summed E-state index contributed by atoms with van der Waals surface area (Å²) in [6, 6.07) is 0. The molecule has 4 aliphatic carbocycles. The molecule has 0 N–H and O–H groups in total. The third-order valence-corrected chi connectivity index (χ3v) is 4.02. The molecule has 0 nitrogen and oxygen atoms in total. The molecule has 0 radical (unpaired) electrons. The first-order chi connectivity index (χ1) is 3.80. The minimum Gasteiger partial charge on any atom is -0.0654 e. The summed E-state index contributed by atoms with van der Waals surface area (Å²) >= 11 is 0. The molecule has 0 heteroatoms. The average molecular weight is 108 g/mol. The monoisotopic (exact) mass is 108 g/mol. The lowest BCUT2D eigenvalue weighted by molar-refractivity contribution is 0.650.